The molecule has 2 heteroatoms. The lowest BCUT2D eigenvalue weighted by Gasteiger charge is -2.10. The Bertz CT molecular complexity index is 419. The zero-order valence-corrected chi connectivity index (χ0v) is 9.24. The first kappa shape index (κ1) is 9.66. The maximum atomic E-state index is 4.31. The summed E-state index contributed by atoms with van der Waals surface area (Å²) in [5.41, 5.74) is 1.32. The molecule has 1 heterocycles. The Morgan fingerprint density at radius 3 is 2.86 bits per heavy atom. The van der Waals surface area contributed by atoms with Crippen LogP contribution in [0.1, 0.15) is 6.92 Å². The Labute approximate surface area is 90.1 Å². The van der Waals surface area contributed by atoms with Gasteiger partial charge in [-0.25, -0.2) is 0 Å². The molecule has 14 heavy (non-hydrogen) atoms. The van der Waals surface area contributed by atoms with Crippen molar-refractivity contribution in [2.24, 2.45) is 5.92 Å². The minimum Gasteiger partial charge on any atom is -0.347 e. The normalized spacial score (nSPS) is 13.3. The Kier molecular flexibility index (Phi) is 2.82. The summed E-state index contributed by atoms with van der Waals surface area (Å²) in [6.07, 6.45) is 2.16. The predicted octanol–water partition coefficient (Wildman–Crippen LogP) is 3.21. The number of benzene rings is 1. The van der Waals surface area contributed by atoms with Gasteiger partial charge < -0.3 is 4.57 Å². The van der Waals surface area contributed by atoms with Crippen LogP contribution in [0.2, 0.25) is 0 Å². The van der Waals surface area contributed by atoms with Crippen molar-refractivity contribution in [3.63, 3.8) is 0 Å². The first-order valence-electron chi connectivity index (χ1n) is 4.96. The van der Waals surface area contributed by atoms with Crippen LogP contribution in [-0.2, 0) is 6.54 Å². The molecule has 0 aliphatic heterocycles. The molecule has 2 rings (SSSR count). The summed E-state index contributed by atoms with van der Waals surface area (Å²) >= 11 is 4.31. The molecule has 0 saturated carbocycles. The standard InChI is InChI=1S/C12H15NS/c1-10(9-14)8-13-7-6-11-4-2-3-5-12(11)13/h2-7,10,14H,8-9H2,1H3. The molecule has 0 radical (unpaired) electrons. The van der Waals surface area contributed by atoms with E-state index in [9.17, 15) is 0 Å². The van der Waals surface area contributed by atoms with Gasteiger partial charge in [0.15, 0.2) is 0 Å². The monoisotopic (exact) mass is 205 g/mol. The van der Waals surface area contributed by atoms with Gasteiger partial charge in [-0.2, -0.15) is 12.6 Å². The second-order valence-corrected chi connectivity index (χ2v) is 4.18. The molecule has 0 spiro atoms. The number of nitrogens with zero attached hydrogens (tertiary/aromatic N) is 1. The molecule has 1 aromatic heterocycles. The molecule has 1 nitrogen and oxygen atoms in total. The third-order valence-electron chi connectivity index (χ3n) is 2.50. The van der Waals surface area contributed by atoms with Crippen molar-refractivity contribution in [1.82, 2.24) is 4.57 Å². The van der Waals surface area contributed by atoms with Crippen LogP contribution >= 0.6 is 12.6 Å². The summed E-state index contributed by atoms with van der Waals surface area (Å²) in [6.45, 7) is 3.28. The van der Waals surface area contributed by atoms with Crippen molar-refractivity contribution in [3.8, 4) is 0 Å². The molecular formula is C12H15NS. The first-order valence-corrected chi connectivity index (χ1v) is 5.59. The van der Waals surface area contributed by atoms with Crippen molar-refractivity contribution in [3.05, 3.63) is 36.5 Å². The molecule has 2 aromatic rings. The number of rotatable bonds is 3. The maximum absolute atomic E-state index is 4.31. The molecule has 0 saturated heterocycles. The number of hydrogen-bond acceptors (Lipinski definition) is 1. The largest absolute Gasteiger partial charge is 0.347 e. The molecule has 0 aliphatic carbocycles. The van der Waals surface area contributed by atoms with E-state index in [0.717, 1.165) is 12.3 Å². The maximum Gasteiger partial charge on any atom is 0.0480 e. The smallest absolute Gasteiger partial charge is 0.0480 e. The van der Waals surface area contributed by atoms with Crippen LogP contribution in [0, 0.1) is 5.92 Å². The van der Waals surface area contributed by atoms with Gasteiger partial charge in [0.25, 0.3) is 0 Å². The molecule has 0 N–H and O–H groups in total. The lowest BCUT2D eigenvalue weighted by Crippen LogP contribution is -2.07. The topological polar surface area (TPSA) is 4.93 Å². The fourth-order valence-corrected chi connectivity index (χ4v) is 1.81. The van der Waals surface area contributed by atoms with Crippen molar-refractivity contribution in [2.75, 3.05) is 5.75 Å². The van der Waals surface area contributed by atoms with Gasteiger partial charge in [-0.3, -0.25) is 0 Å². The molecule has 1 atom stereocenters. The van der Waals surface area contributed by atoms with E-state index in [1.54, 1.807) is 0 Å². The SMILES string of the molecule is CC(CS)Cn1ccc2ccccc21. The third-order valence-corrected chi connectivity index (χ3v) is 3.12. The fourth-order valence-electron chi connectivity index (χ4n) is 1.69. The predicted molar refractivity (Wildman–Crippen MR) is 65.0 cm³/mol. The Balaban J connectivity index is 2.33. The Morgan fingerprint density at radius 2 is 2.07 bits per heavy atom. The molecule has 0 fully saturated rings. The average Bonchev–Trinajstić information content (AvgIpc) is 2.62. The summed E-state index contributed by atoms with van der Waals surface area (Å²) in [4.78, 5) is 0. The Hall–Kier alpha value is -0.890. The van der Waals surface area contributed by atoms with Gasteiger partial charge >= 0.3 is 0 Å². The highest BCUT2D eigenvalue weighted by molar-refractivity contribution is 7.80. The van der Waals surface area contributed by atoms with Gasteiger partial charge in [-0.15, -0.1) is 0 Å². The van der Waals surface area contributed by atoms with Gasteiger partial charge in [0.05, 0.1) is 0 Å². The molecule has 74 valence electrons. The van der Waals surface area contributed by atoms with Gasteiger partial charge in [0, 0.05) is 18.3 Å². The molecular weight excluding hydrogens is 190 g/mol. The second kappa shape index (κ2) is 4.09. The zero-order valence-electron chi connectivity index (χ0n) is 8.35. The highest BCUT2D eigenvalue weighted by atomic mass is 32.1. The molecule has 0 bridgehead atoms. The number of hydrogen-bond donors (Lipinski definition) is 1. The molecule has 0 amide bonds. The van der Waals surface area contributed by atoms with Gasteiger partial charge in [0.2, 0.25) is 0 Å². The van der Waals surface area contributed by atoms with E-state index < -0.39 is 0 Å². The summed E-state index contributed by atoms with van der Waals surface area (Å²) in [7, 11) is 0. The number of para-hydroxylation sites is 1. The number of thiol groups is 1. The van der Waals surface area contributed by atoms with Crippen LogP contribution in [0.15, 0.2) is 36.5 Å². The van der Waals surface area contributed by atoms with Crippen molar-refractivity contribution in [1.29, 1.82) is 0 Å². The Morgan fingerprint density at radius 1 is 1.29 bits per heavy atom. The second-order valence-electron chi connectivity index (χ2n) is 3.81. The minimum absolute atomic E-state index is 0.620. The van der Waals surface area contributed by atoms with Crippen LogP contribution in [0.25, 0.3) is 10.9 Å². The first-order chi connectivity index (χ1) is 6.81. The third kappa shape index (κ3) is 1.80. The summed E-state index contributed by atoms with van der Waals surface area (Å²) in [6, 6.07) is 10.7. The molecule has 0 aliphatic rings. The highest BCUT2D eigenvalue weighted by Gasteiger charge is 2.03. The van der Waals surface area contributed by atoms with Crippen LogP contribution in [0.4, 0.5) is 0 Å². The van der Waals surface area contributed by atoms with Crippen molar-refractivity contribution in [2.45, 2.75) is 13.5 Å². The van der Waals surface area contributed by atoms with Crippen LogP contribution in [0.3, 0.4) is 0 Å². The van der Waals surface area contributed by atoms with E-state index in [2.05, 4.69) is 60.6 Å². The summed E-state index contributed by atoms with van der Waals surface area (Å²) in [5, 5.41) is 1.32. The average molecular weight is 205 g/mol. The van der Waals surface area contributed by atoms with E-state index in [0.29, 0.717) is 5.92 Å². The van der Waals surface area contributed by atoms with Crippen LogP contribution in [-0.4, -0.2) is 10.3 Å². The van der Waals surface area contributed by atoms with Gasteiger partial charge in [0.1, 0.15) is 0 Å². The van der Waals surface area contributed by atoms with Gasteiger partial charge in [-0.05, 0) is 29.2 Å². The number of aromatic nitrogens is 1. The molecule has 1 unspecified atom stereocenters. The summed E-state index contributed by atoms with van der Waals surface area (Å²) in [5.74, 6) is 1.56. The summed E-state index contributed by atoms with van der Waals surface area (Å²) < 4.78 is 2.30. The molecule has 1 aromatic carbocycles. The van der Waals surface area contributed by atoms with Crippen molar-refractivity contribution >= 4 is 23.5 Å². The number of fused-ring (bicyclic) bond motifs is 1. The lowest BCUT2D eigenvalue weighted by molar-refractivity contribution is 0.544. The van der Waals surface area contributed by atoms with Crippen LogP contribution < -0.4 is 0 Å². The zero-order chi connectivity index (χ0) is 9.97. The fraction of sp³-hybridized carbons (Fsp3) is 0.333. The minimum atomic E-state index is 0.620. The van der Waals surface area contributed by atoms with E-state index in [-0.39, 0.29) is 0 Å². The van der Waals surface area contributed by atoms with E-state index in [1.165, 1.54) is 10.9 Å². The van der Waals surface area contributed by atoms with E-state index in [1.807, 2.05) is 0 Å². The van der Waals surface area contributed by atoms with E-state index >= 15 is 0 Å². The quantitative estimate of drug-likeness (QED) is 0.734. The van der Waals surface area contributed by atoms with Gasteiger partial charge in [-0.1, -0.05) is 25.1 Å². The lowest BCUT2D eigenvalue weighted by atomic mass is 10.2. The van der Waals surface area contributed by atoms with Crippen molar-refractivity contribution < 1.29 is 0 Å². The highest BCUT2D eigenvalue weighted by Crippen LogP contribution is 2.16. The van der Waals surface area contributed by atoms with Crippen LogP contribution in [0.5, 0.6) is 0 Å². The van der Waals surface area contributed by atoms with E-state index in [4.69, 9.17) is 0 Å².